The van der Waals surface area contributed by atoms with Crippen LogP contribution in [0.5, 0.6) is 11.6 Å². The summed E-state index contributed by atoms with van der Waals surface area (Å²) in [5.41, 5.74) is 3.14. The first-order chi connectivity index (χ1) is 20.3. The number of rotatable bonds is 8. The predicted molar refractivity (Wildman–Crippen MR) is 153 cm³/mol. The Morgan fingerprint density at radius 2 is 1.95 bits per heavy atom. The largest absolute Gasteiger partial charge is 0.492 e. The van der Waals surface area contributed by atoms with E-state index in [9.17, 15) is 14.8 Å². The Kier molecular flexibility index (Phi) is 6.48. The maximum atomic E-state index is 14.1. The Labute approximate surface area is 242 Å². The standard InChI is InChI=1S/C31H32FN7O3/c1-31(40)8-20(9-31)18-42-25-7-26(29-22(10-33)13-36-39(29)17-25)21-3-4-28(34-12-21)37-15-23-6-24(16-37)38(23)14-19-5-27(32)30(41-2)35-11-19/h3-5,7,11-13,17,20,23-24,40H,6,8-9,14-16,18H2,1-2H3/t20-,23?,24?,31+. The van der Waals surface area contributed by atoms with Gasteiger partial charge in [-0.25, -0.2) is 18.9 Å². The van der Waals surface area contributed by atoms with E-state index >= 15 is 0 Å². The third kappa shape index (κ3) is 4.80. The van der Waals surface area contributed by atoms with Crippen LogP contribution in [0.3, 0.4) is 0 Å². The van der Waals surface area contributed by atoms with Crippen LogP contribution in [0.1, 0.15) is 37.3 Å². The van der Waals surface area contributed by atoms with Gasteiger partial charge < -0.3 is 19.5 Å². The van der Waals surface area contributed by atoms with Gasteiger partial charge in [-0.1, -0.05) is 0 Å². The molecule has 1 aliphatic carbocycles. The molecule has 0 amide bonds. The summed E-state index contributed by atoms with van der Waals surface area (Å²) in [7, 11) is 1.41. The number of nitrogens with zero attached hydrogens (tertiary/aromatic N) is 7. The van der Waals surface area contributed by atoms with Crippen LogP contribution in [-0.2, 0) is 6.54 Å². The normalized spacial score (nSPS) is 25.0. The van der Waals surface area contributed by atoms with Gasteiger partial charge in [0, 0.05) is 55.2 Å². The van der Waals surface area contributed by atoms with Crippen molar-refractivity contribution in [2.24, 2.45) is 5.92 Å². The fourth-order valence-electron chi connectivity index (χ4n) is 6.77. The van der Waals surface area contributed by atoms with Crippen LogP contribution in [0.25, 0.3) is 16.6 Å². The molecule has 0 spiro atoms. The van der Waals surface area contributed by atoms with Crippen molar-refractivity contribution in [2.75, 3.05) is 31.7 Å². The van der Waals surface area contributed by atoms with E-state index in [4.69, 9.17) is 14.5 Å². The lowest BCUT2D eigenvalue weighted by atomic mass is 9.73. The van der Waals surface area contributed by atoms with Crippen molar-refractivity contribution in [1.29, 1.82) is 5.26 Å². The van der Waals surface area contributed by atoms with Gasteiger partial charge in [0.05, 0.1) is 42.8 Å². The average Bonchev–Trinajstić information content (AvgIpc) is 3.40. The van der Waals surface area contributed by atoms with E-state index in [0.29, 0.717) is 48.0 Å². The molecule has 2 bridgehead atoms. The first kappa shape index (κ1) is 26.6. The van der Waals surface area contributed by atoms with Crippen molar-refractivity contribution in [3.63, 3.8) is 0 Å². The zero-order valence-corrected chi connectivity index (χ0v) is 23.6. The van der Waals surface area contributed by atoms with E-state index in [2.05, 4.69) is 26.0 Å². The smallest absolute Gasteiger partial charge is 0.250 e. The van der Waals surface area contributed by atoms with Gasteiger partial charge in [0.2, 0.25) is 5.88 Å². The highest BCUT2D eigenvalue weighted by Crippen LogP contribution is 2.39. The lowest BCUT2D eigenvalue weighted by molar-refractivity contribution is -0.0690. The summed E-state index contributed by atoms with van der Waals surface area (Å²) in [6, 6.07) is 10.5. The number of hydrogen-bond acceptors (Lipinski definition) is 9. The monoisotopic (exact) mass is 569 g/mol. The molecule has 42 heavy (non-hydrogen) atoms. The van der Waals surface area contributed by atoms with Gasteiger partial charge in [0.15, 0.2) is 5.82 Å². The first-order valence-electron chi connectivity index (χ1n) is 14.2. The van der Waals surface area contributed by atoms with E-state index in [0.717, 1.165) is 54.9 Å². The number of halogens is 1. The second kappa shape index (κ2) is 10.2. The second-order valence-corrected chi connectivity index (χ2v) is 12.0. The number of hydrogen-bond donors (Lipinski definition) is 1. The van der Waals surface area contributed by atoms with Gasteiger partial charge in [0.25, 0.3) is 0 Å². The number of piperazine rings is 1. The number of aromatic nitrogens is 4. The zero-order chi connectivity index (χ0) is 29.0. The summed E-state index contributed by atoms with van der Waals surface area (Å²) in [6.07, 6.45) is 9.44. The molecule has 11 heteroatoms. The minimum absolute atomic E-state index is 0.0178. The average molecular weight is 570 g/mol. The summed E-state index contributed by atoms with van der Waals surface area (Å²) in [5.74, 6) is 1.45. The molecule has 8 rings (SSSR count). The van der Waals surface area contributed by atoms with Gasteiger partial charge in [-0.2, -0.15) is 10.4 Å². The number of fused-ring (bicyclic) bond motifs is 3. The van der Waals surface area contributed by atoms with E-state index < -0.39 is 11.4 Å². The highest BCUT2D eigenvalue weighted by molar-refractivity contribution is 5.85. The van der Waals surface area contributed by atoms with Crippen LogP contribution >= 0.6 is 0 Å². The van der Waals surface area contributed by atoms with Crippen LogP contribution in [0.2, 0.25) is 0 Å². The fourth-order valence-corrected chi connectivity index (χ4v) is 6.77. The van der Waals surface area contributed by atoms with Gasteiger partial charge in [0.1, 0.15) is 17.6 Å². The van der Waals surface area contributed by atoms with Crippen molar-refractivity contribution < 1.29 is 19.0 Å². The summed E-state index contributed by atoms with van der Waals surface area (Å²) >= 11 is 0. The number of nitriles is 1. The van der Waals surface area contributed by atoms with Crippen molar-refractivity contribution >= 4 is 11.3 Å². The Hall–Kier alpha value is -4.27. The third-order valence-electron chi connectivity index (χ3n) is 8.80. The Morgan fingerprint density at radius 1 is 1.14 bits per heavy atom. The molecule has 2 unspecified atom stereocenters. The first-order valence-corrected chi connectivity index (χ1v) is 14.2. The number of aliphatic hydroxyl groups is 1. The Balaban J connectivity index is 1.06. The molecule has 4 aliphatic rings. The topological polar surface area (TPSA) is 112 Å². The number of piperidine rings is 1. The van der Waals surface area contributed by atoms with E-state index in [1.54, 1.807) is 23.1 Å². The maximum absolute atomic E-state index is 14.1. The second-order valence-electron chi connectivity index (χ2n) is 12.0. The van der Waals surface area contributed by atoms with Crippen LogP contribution in [0.15, 0.2) is 49.1 Å². The fraction of sp³-hybridized carbons (Fsp3) is 0.419. The molecule has 4 aromatic rings. The van der Waals surface area contributed by atoms with Crippen molar-refractivity contribution in [2.45, 2.75) is 50.4 Å². The summed E-state index contributed by atoms with van der Waals surface area (Å²) < 4.78 is 26.9. The number of anilines is 1. The van der Waals surface area contributed by atoms with E-state index in [1.165, 1.54) is 13.2 Å². The quantitative estimate of drug-likeness (QED) is 0.339. The molecule has 3 saturated heterocycles. The van der Waals surface area contributed by atoms with E-state index in [-0.39, 0.29) is 5.88 Å². The molecule has 1 saturated carbocycles. The highest BCUT2D eigenvalue weighted by atomic mass is 19.1. The summed E-state index contributed by atoms with van der Waals surface area (Å²) in [5, 5.41) is 24.1. The van der Waals surface area contributed by atoms with Gasteiger partial charge in [-0.15, -0.1) is 0 Å². The minimum Gasteiger partial charge on any atom is -0.492 e. The molecule has 10 nitrogen and oxygen atoms in total. The highest BCUT2D eigenvalue weighted by Gasteiger charge is 2.44. The molecule has 3 aliphatic heterocycles. The predicted octanol–water partition coefficient (Wildman–Crippen LogP) is 3.81. The number of pyridine rings is 3. The Morgan fingerprint density at radius 3 is 2.62 bits per heavy atom. The SMILES string of the molecule is COc1ncc(CN2C3CC2CN(c2ccc(-c4cc(OC[C@H]5C[C@@](C)(O)C5)cn5ncc(C#N)c45)cn2)C3)cc1F. The molecule has 216 valence electrons. The summed E-state index contributed by atoms with van der Waals surface area (Å²) in [6.45, 7) is 4.71. The lowest BCUT2D eigenvalue weighted by Crippen LogP contribution is -2.68. The summed E-state index contributed by atoms with van der Waals surface area (Å²) in [4.78, 5) is 13.6. The van der Waals surface area contributed by atoms with E-state index in [1.807, 2.05) is 31.3 Å². The van der Waals surface area contributed by atoms with Gasteiger partial charge >= 0.3 is 0 Å². The third-order valence-corrected chi connectivity index (χ3v) is 8.80. The Bertz CT molecular complexity index is 1660. The lowest BCUT2D eigenvalue weighted by Gasteiger charge is -2.56. The van der Waals surface area contributed by atoms with Gasteiger partial charge in [-0.05, 0) is 61.9 Å². The van der Waals surface area contributed by atoms with Crippen LogP contribution in [0, 0.1) is 23.1 Å². The molecule has 0 radical (unpaired) electrons. The van der Waals surface area contributed by atoms with Crippen molar-refractivity contribution in [3.05, 3.63) is 66.0 Å². The van der Waals surface area contributed by atoms with Gasteiger partial charge in [-0.3, -0.25) is 4.90 Å². The molecule has 2 atom stereocenters. The molecular formula is C31H32FN7O3. The molecule has 0 aromatic carbocycles. The maximum Gasteiger partial charge on any atom is 0.250 e. The number of methoxy groups -OCH3 is 1. The van der Waals surface area contributed by atoms with Crippen molar-refractivity contribution in [1.82, 2.24) is 24.5 Å². The molecule has 1 N–H and O–H groups in total. The van der Waals surface area contributed by atoms with Crippen LogP contribution in [0.4, 0.5) is 10.2 Å². The number of ether oxygens (including phenoxy) is 2. The minimum atomic E-state index is -0.596. The van der Waals surface area contributed by atoms with Crippen LogP contribution < -0.4 is 14.4 Å². The zero-order valence-electron chi connectivity index (χ0n) is 23.6. The molecule has 4 aromatic heterocycles. The van der Waals surface area contributed by atoms with Crippen LogP contribution in [-0.4, -0.2) is 74.1 Å². The molecule has 7 heterocycles. The molecule has 4 fully saturated rings. The van der Waals surface area contributed by atoms with Crippen molar-refractivity contribution in [3.8, 4) is 28.8 Å². The molecular weight excluding hydrogens is 537 g/mol.